The number of ether oxygens (including phenoxy) is 3. The first kappa shape index (κ1) is 21.5. The molecule has 5 rings (SSSR count). The number of nitrogens with zero attached hydrogens (tertiary/aromatic N) is 2. The molecule has 0 spiro atoms. The van der Waals surface area contributed by atoms with Crippen LogP contribution < -0.4 is 24.4 Å². The second-order valence-corrected chi connectivity index (χ2v) is 8.89. The van der Waals surface area contributed by atoms with E-state index in [4.69, 9.17) is 30.2 Å². The molecule has 0 bridgehead atoms. The van der Waals surface area contributed by atoms with E-state index in [-0.39, 0.29) is 24.5 Å². The maximum Gasteiger partial charge on any atom is 0.338 e. The molecule has 0 N–H and O–H groups in total. The van der Waals surface area contributed by atoms with Crippen LogP contribution in [-0.4, -0.2) is 23.9 Å². The van der Waals surface area contributed by atoms with Crippen LogP contribution >= 0.6 is 22.9 Å². The van der Waals surface area contributed by atoms with Gasteiger partial charge in [0.15, 0.2) is 16.3 Å². The lowest BCUT2D eigenvalue weighted by Crippen LogP contribution is -2.39. The van der Waals surface area contributed by atoms with Crippen LogP contribution in [0.3, 0.4) is 0 Å². The Morgan fingerprint density at radius 1 is 1.30 bits per heavy atom. The third-order valence-corrected chi connectivity index (χ3v) is 6.64. The molecule has 0 aliphatic carbocycles. The number of esters is 1. The summed E-state index contributed by atoms with van der Waals surface area (Å²) in [4.78, 5) is 31.4. The molecule has 0 saturated carbocycles. The fourth-order valence-corrected chi connectivity index (χ4v) is 5.09. The number of hydrogen-bond donors (Lipinski definition) is 0. The van der Waals surface area contributed by atoms with Crippen molar-refractivity contribution in [3.63, 3.8) is 0 Å². The van der Waals surface area contributed by atoms with Crippen LogP contribution in [0.1, 0.15) is 37.0 Å². The van der Waals surface area contributed by atoms with Crippen molar-refractivity contribution in [2.75, 3.05) is 13.4 Å². The SMILES string of the molecule is CCOC(=O)C1=C(C)N=c2s/c(=C/c3cc4c(cc3Cl)OCO4)c(=O)n2[C@H]1c1ccc(C)o1. The number of aryl methyl sites for hydroxylation is 1. The summed E-state index contributed by atoms with van der Waals surface area (Å²) in [5, 5.41) is 0.423. The molecule has 2 aromatic heterocycles. The van der Waals surface area contributed by atoms with Crippen molar-refractivity contribution < 1.29 is 23.4 Å². The van der Waals surface area contributed by atoms with Gasteiger partial charge in [-0.15, -0.1) is 0 Å². The lowest BCUT2D eigenvalue weighted by atomic mass is 10.0. The van der Waals surface area contributed by atoms with Crippen molar-refractivity contribution in [1.82, 2.24) is 4.57 Å². The predicted octanol–water partition coefficient (Wildman–Crippen LogP) is 3.08. The van der Waals surface area contributed by atoms with Gasteiger partial charge in [0.05, 0.1) is 27.4 Å². The minimum atomic E-state index is -0.789. The highest BCUT2D eigenvalue weighted by Gasteiger charge is 2.35. The van der Waals surface area contributed by atoms with E-state index < -0.39 is 12.0 Å². The summed E-state index contributed by atoms with van der Waals surface area (Å²) in [6.07, 6.45) is 1.68. The van der Waals surface area contributed by atoms with E-state index in [2.05, 4.69) is 4.99 Å². The minimum Gasteiger partial charge on any atom is -0.464 e. The quantitative estimate of drug-likeness (QED) is 0.526. The number of rotatable bonds is 4. The average molecular weight is 487 g/mol. The second-order valence-electron chi connectivity index (χ2n) is 7.48. The molecule has 2 aliphatic heterocycles. The van der Waals surface area contributed by atoms with Crippen LogP contribution in [0.2, 0.25) is 5.02 Å². The molecule has 3 aromatic rings. The Balaban J connectivity index is 1.71. The predicted molar refractivity (Wildman–Crippen MR) is 121 cm³/mol. The van der Waals surface area contributed by atoms with Crippen LogP contribution in [0.25, 0.3) is 6.08 Å². The lowest BCUT2D eigenvalue weighted by Gasteiger charge is -2.22. The highest BCUT2D eigenvalue weighted by Crippen LogP contribution is 2.37. The van der Waals surface area contributed by atoms with Crippen LogP contribution in [0.4, 0.5) is 0 Å². The molecule has 33 heavy (non-hydrogen) atoms. The smallest absolute Gasteiger partial charge is 0.338 e. The monoisotopic (exact) mass is 486 g/mol. The van der Waals surface area contributed by atoms with Crippen LogP contribution in [0.5, 0.6) is 11.5 Å². The van der Waals surface area contributed by atoms with E-state index in [1.54, 1.807) is 51.1 Å². The molecule has 170 valence electrons. The number of fused-ring (bicyclic) bond motifs is 2. The second kappa shape index (κ2) is 8.24. The summed E-state index contributed by atoms with van der Waals surface area (Å²) in [6, 6.07) is 6.14. The summed E-state index contributed by atoms with van der Waals surface area (Å²) >= 11 is 7.61. The Morgan fingerprint density at radius 2 is 2.06 bits per heavy atom. The van der Waals surface area contributed by atoms with Gasteiger partial charge in [0.1, 0.15) is 17.6 Å². The molecule has 0 fully saturated rings. The molecule has 0 radical (unpaired) electrons. The number of carbonyl (C=O) groups excluding carboxylic acids is 1. The Kier molecular flexibility index (Phi) is 5.38. The summed E-state index contributed by atoms with van der Waals surface area (Å²) in [5.41, 5.74) is 1.03. The van der Waals surface area contributed by atoms with Gasteiger partial charge in [-0.1, -0.05) is 22.9 Å². The number of hydrogen-bond acceptors (Lipinski definition) is 8. The van der Waals surface area contributed by atoms with Gasteiger partial charge in [0.2, 0.25) is 6.79 Å². The number of halogens is 1. The Labute approximate surface area is 197 Å². The average Bonchev–Trinajstić information content (AvgIpc) is 3.47. The van der Waals surface area contributed by atoms with Crippen molar-refractivity contribution in [3.05, 3.63) is 77.3 Å². The number of thiazole rings is 1. The number of aromatic nitrogens is 1. The number of allylic oxidation sites excluding steroid dienone is 1. The molecule has 4 heterocycles. The first-order valence-electron chi connectivity index (χ1n) is 10.2. The molecule has 8 nitrogen and oxygen atoms in total. The van der Waals surface area contributed by atoms with Gasteiger partial charge in [-0.05, 0) is 50.6 Å². The van der Waals surface area contributed by atoms with Crippen molar-refractivity contribution in [3.8, 4) is 11.5 Å². The number of furan rings is 1. The maximum atomic E-state index is 13.6. The van der Waals surface area contributed by atoms with Crippen molar-refractivity contribution in [2.24, 2.45) is 4.99 Å². The minimum absolute atomic E-state index is 0.121. The molecule has 1 atom stereocenters. The highest BCUT2D eigenvalue weighted by molar-refractivity contribution is 7.07. The van der Waals surface area contributed by atoms with Crippen molar-refractivity contribution in [1.29, 1.82) is 0 Å². The summed E-state index contributed by atoms with van der Waals surface area (Å²) in [7, 11) is 0. The number of benzene rings is 1. The Morgan fingerprint density at radius 3 is 2.76 bits per heavy atom. The van der Waals surface area contributed by atoms with E-state index in [0.717, 1.165) is 0 Å². The molecule has 0 saturated heterocycles. The molecule has 10 heteroatoms. The molecule has 1 aromatic carbocycles. The van der Waals surface area contributed by atoms with E-state index in [0.29, 0.717) is 48.6 Å². The van der Waals surface area contributed by atoms with Gasteiger partial charge in [0.25, 0.3) is 5.56 Å². The summed E-state index contributed by atoms with van der Waals surface area (Å²) in [5.74, 6) is 1.70. The number of carbonyl (C=O) groups is 1. The standard InChI is InChI=1S/C23H19ClN2O6S/c1-4-29-22(28)19-12(3)25-23-26(20(19)15-6-5-11(2)32-15)21(27)18(33-23)8-13-7-16-17(9-14(13)24)31-10-30-16/h5-9,20H,4,10H2,1-3H3/b18-8+/t20-/m0/s1. The third kappa shape index (κ3) is 3.67. The molecule has 0 amide bonds. The van der Waals surface area contributed by atoms with Crippen molar-refractivity contribution in [2.45, 2.75) is 26.8 Å². The Bertz CT molecular complexity index is 1500. The Hall–Kier alpha value is -3.30. The lowest BCUT2D eigenvalue weighted by molar-refractivity contribution is -0.139. The highest BCUT2D eigenvalue weighted by atomic mass is 35.5. The topological polar surface area (TPSA) is 92.3 Å². The molecular formula is C23H19ClN2O6S. The maximum absolute atomic E-state index is 13.6. The van der Waals surface area contributed by atoms with Gasteiger partial charge < -0.3 is 18.6 Å². The van der Waals surface area contributed by atoms with Crippen molar-refractivity contribution >= 4 is 35.0 Å². The van der Waals surface area contributed by atoms with Gasteiger partial charge in [-0.25, -0.2) is 9.79 Å². The van der Waals surface area contributed by atoms with E-state index in [1.807, 2.05) is 0 Å². The zero-order chi connectivity index (χ0) is 23.3. The molecular weight excluding hydrogens is 468 g/mol. The van der Waals surface area contributed by atoms with Gasteiger partial charge in [-0.3, -0.25) is 9.36 Å². The van der Waals surface area contributed by atoms with E-state index >= 15 is 0 Å². The van der Waals surface area contributed by atoms with E-state index in [9.17, 15) is 9.59 Å². The first-order chi connectivity index (χ1) is 15.9. The largest absolute Gasteiger partial charge is 0.464 e. The molecule has 0 unspecified atom stereocenters. The van der Waals surface area contributed by atoms with Crippen LogP contribution in [0.15, 0.2) is 49.7 Å². The zero-order valence-electron chi connectivity index (χ0n) is 18.0. The summed E-state index contributed by atoms with van der Waals surface area (Å²) in [6.45, 7) is 5.57. The fraction of sp³-hybridized carbons (Fsp3) is 0.261. The summed E-state index contributed by atoms with van der Waals surface area (Å²) < 4.78 is 23.7. The van der Waals surface area contributed by atoms with Gasteiger partial charge >= 0.3 is 5.97 Å². The van der Waals surface area contributed by atoms with Gasteiger partial charge in [0, 0.05) is 6.07 Å². The third-order valence-electron chi connectivity index (χ3n) is 5.33. The fourth-order valence-electron chi connectivity index (χ4n) is 3.85. The zero-order valence-corrected chi connectivity index (χ0v) is 19.6. The molecule has 2 aliphatic rings. The first-order valence-corrected chi connectivity index (χ1v) is 11.4. The van der Waals surface area contributed by atoms with Crippen LogP contribution in [-0.2, 0) is 9.53 Å². The van der Waals surface area contributed by atoms with Gasteiger partial charge in [-0.2, -0.15) is 0 Å². The van der Waals surface area contributed by atoms with E-state index in [1.165, 1.54) is 15.9 Å². The van der Waals surface area contributed by atoms with Crippen LogP contribution in [0, 0.1) is 6.92 Å². The normalized spacial score (nSPS) is 17.2.